The Balaban J connectivity index is 2.70. The molecule has 5 heteroatoms. The van der Waals surface area contributed by atoms with Gasteiger partial charge in [-0.1, -0.05) is 36.4 Å². The van der Waals surface area contributed by atoms with Gasteiger partial charge in [0, 0.05) is 0 Å². The van der Waals surface area contributed by atoms with Gasteiger partial charge in [0.25, 0.3) is 0 Å². The number of hydrogen-bond acceptors (Lipinski definition) is 2. The van der Waals surface area contributed by atoms with Gasteiger partial charge in [-0.05, 0) is 18.4 Å². The summed E-state index contributed by atoms with van der Waals surface area (Å²) in [6, 6.07) is 9.08. The molecule has 0 aromatic heterocycles. The van der Waals surface area contributed by atoms with E-state index in [0.29, 0.717) is 6.42 Å². The zero-order valence-corrected chi connectivity index (χ0v) is 9.83. The maximum Gasteiger partial charge on any atom is 0.423 e. The molecule has 0 fully saturated rings. The lowest BCUT2D eigenvalue weighted by Gasteiger charge is -2.09. The van der Waals surface area contributed by atoms with Crippen LogP contribution in [0.15, 0.2) is 42.0 Å². The van der Waals surface area contributed by atoms with Crippen LogP contribution in [-0.2, 0) is 16.0 Å². The molecule has 0 heterocycles. The predicted molar refractivity (Wildman–Crippen MR) is 60.9 cm³/mol. The first-order chi connectivity index (χ1) is 8.45. The second-order valence-corrected chi connectivity index (χ2v) is 3.63. The van der Waals surface area contributed by atoms with Gasteiger partial charge in [-0.3, -0.25) is 0 Å². The molecule has 0 saturated carbocycles. The van der Waals surface area contributed by atoms with Gasteiger partial charge < -0.3 is 4.74 Å². The minimum Gasteiger partial charge on any atom is -0.465 e. The first kappa shape index (κ1) is 14.3. The Morgan fingerprint density at radius 2 is 1.89 bits per heavy atom. The fourth-order valence-electron chi connectivity index (χ4n) is 1.45. The summed E-state index contributed by atoms with van der Waals surface area (Å²) in [5.74, 6) is -1.35. The van der Waals surface area contributed by atoms with Gasteiger partial charge in [0.05, 0.1) is 7.11 Å². The number of halogens is 3. The molecular weight excluding hydrogens is 245 g/mol. The lowest BCUT2D eigenvalue weighted by atomic mass is 10.1. The summed E-state index contributed by atoms with van der Waals surface area (Å²) in [5, 5.41) is 0. The molecule has 0 N–H and O–H groups in total. The minimum atomic E-state index is -4.68. The molecule has 2 nitrogen and oxygen atoms in total. The van der Waals surface area contributed by atoms with Crippen molar-refractivity contribution < 1.29 is 22.7 Å². The minimum absolute atomic E-state index is 0.133. The fraction of sp³-hybridized carbons (Fsp3) is 0.308. The summed E-state index contributed by atoms with van der Waals surface area (Å²) in [5.41, 5.74) is -0.332. The Bertz CT molecular complexity index is 422. The molecule has 0 saturated heterocycles. The topological polar surface area (TPSA) is 26.3 Å². The maximum atomic E-state index is 12.5. The lowest BCUT2D eigenvalue weighted by Crippen LogP contribution is -2.21. The van der Waals surface area contributed by atoms with Gasteiger partial charge >= 0.3 is 12.1 Å². The van der Waals surface area contributed by atoms with Crippen LogP contribution in [0.4, 0.5) is 13.2 Å². The lowest BCUT2D eigenvalue weighted by molar-refractivity contribution is -0.148. The smallest absolute Gasteiger partial charge is 0.423 e. The molecule has 1 aromatic carbocycles. The SMILES string of the molecule is COC(=O)/C(=C/CCc1ccccc1)C(F)(F)F. The van der Waals surface area contributed by atoms with Crippen LogP contribution in [0.1, 0.15) is 12.0 Å². The number of benzene rings is 1. The average Bonchev–Trinajstić information content (AvgIpc) is 2.33. The number of carbonyl (C=O) groups is 1. The Morgan fingerprint density at radius 3 is 2.39 bits per heavy atom. The Labute approximate surface area is 103 Å². The molecule has 0 radical (unpaired) electrons. The highest BCUT2D eigenvalue weighted by Gasteiger charge is 2.39. The van der Waals surface area contributed by atoms with Crippen LogP contribution in [-0.4, -0.2) is 19.3 Å². The third-order valence-corrected chi connectivity index (χ3v) is 2.34. The average molecular weight is 258 g/mol. The third kappa shape index (κ3) is 4.24. The molecule has 0 amide bonds. The van der Waals surface area contributed by atoms with Crippen molar-refractivity contribution in [2.24, 2.45) is 0 Å². The number of aryl methyl sites for hydroxylation is 1. The number of rotatable bonds is 4. The zero-order chi connectivity index (χ0) is 13.6. The number of alkyl halides is 3. The van der Waals surface area contributed by atoms with Gasteiger partial charge in [-0.15, -0.1) is 0 Å². The van der Waals surface area contributed by atoms with Crippen LogP contribution in [0.3, 0.4) is 0 Å². The van der Waals surface area contributed by atoms with E-state index in [1.165, 1.54) is 0 Å². The number of carbonyl (C=O) groups excluding carboxylic acids is 1. The van der Waals surface area contributed by atoms with Crippen LogP contribution in [0.5, 0.6) is 0 Å². The summed E-state index contributed by atoms with van der Waals surface area (Å²) in [6.07, 6.45) is -3.23. The molecule has 1 rings (SSSR count). The molecule has 0 aliphatic carbocycles. The van der Waals surface area contributed by atoms with E-state index in [0.717, 1.165) is 18.7 Å². The van der Waals surface area contributed by atoms with Gasteiger partial charge in [0.2, 0.25) is 0 Å². The van der Waals surface area contributed by atoms with Crippen LogP contribution >= 0.6 is 0 Å². The summed E-state index contributed by atoms with van der Waals surface area (Å²) in [7, 11) is 0.930. The Kier molecular flexibility index (Phi) is 4.95. The monoisotopic (exact) mass is 258 g/mol. The number of ether oxygens (including phenoxy) is 1. The Hall–Kier alpha value is -1.78. The summed E-state index contributed by atoms with van der Waals surface area (Å²) in [4.78, 5) is 11.0. The molecule has 0 unspecified atom stereocenters. The molecule has 98 valence electrons. The predicted octanol–water partition coefficient (Wildman–Crippen LogP) is 3.28. The van der Waals surface area contributed by atoms with E-state index in [2.05, 4.69) is 4.74 Å². The zero-order valence-electron chi connectivity index (χ0n) is 9.83. The highest BCUT2D eigenvalue weighted by molar-refractivity contribution is 5.89. The van der Waals surface area contributed by atoms with Crippen molar-refractivity contribution in [3.8, 4) is 0 Å². The van der Waals surface area contributed by atoms with E-state index in [1.807, 2.05) is 30.3 Å². The van der Waals surface area contributed by atoms with E-state index >= 15 is 0 Å². The van der Waals surface area contributed by atoms with Crippen molar-refractivity contribution in [3.63, 3.8) is 0 Å². The van der Waals surface area contributed by atoms with Gasteiger partial charge in [0.15, 0.2) is 0 Å². The Morgan fingerprint density at radius 1 is 1.28 bits per heavy atom. The van der Waals surface area contributed by atoms with E-state index in [-0.39, 0.29) is 6.42 Å². The number of hydrogen-bond donors (Lipinski definition) is 0. The first-order valence-electron chi connectivity index (χ1n) is 5.34. The fourth-order valence-corrected chi connectivity index (χ4v) is 1.45. The highest BCUT2D eigenvalue weighted by atomic mass is 19.4. The van der Waals surface area contributed by atoms with Crippen molar-refractivity contribution in [3.05, 3.63) is 47.5 Å². The van der Waals surface area contributed by atoms with Crippen molar-refractivity contribution in [1.82, 2.24) is 0 Å². The first-order valence-corrected chi connectivity index (χ1v) is 5.34. The molecule has 1 aromatic rings. The van der Waals surface area contributed by atoms with Crippen molar-refractivity contribution in [2.45, 2.75) is 19.0 Å². The largest absolute Gasteiger partial charge is 0.465 e. The van der Waals surface area contributed by atoms with Crippen LogP contribution in [0.25, 0.3) is 0 Å². The number of esters is 1. The standard InChI is InChI=1S/C13H13F3O2/c1-18-12(17)11(13(14,15)16)9-5-8-10-6-3-2-4-7-10/h2-4,6-7,9H,5,8H2,1H3/b11-9-. The van der Waals surface area contributed by atoms with Crippen LogP contribution in [0.2, 0.25) is 0 Å². The molecule has 0 spiro atoms. The molecule has 0 aliphatic heterocycles. The second-order valence-electron chi connectivity index (χ2n) is 3.63. The van der Waals surface area contributed by atoms with E-state index < -0.39 is 17.7 Å². The van der Waals surface area contributed by atoms with Gasteiger partial charge in [0.1, 0.15) is 5.57 Å². The van der Waals surface area contributed by atoms with E-state index in [4.69, 9.17) is 0 Å². The normalized spacial score (nSPS) is 12.3. The maximum absolute atomic E-state index is 12.5. The van der Waals surface area contributed by atoms with Crippen molar-refractivity contribution >= 4 is 5.97 Å². The molecule has 0 aliphatic rings. The number of methoxy groups -OCH3 is 1. The second kappa shape index (κ2) is 6.23. The van der Waals surface area contributed by atoms with Gasteiger partial charge in [-0.25, -0.2) is 4.79 Å². The van der Waals surface area contributed by atoms with E-state index in [1.54, 1.807) is 0 Å². The quantitative estimate of drug-likeness (QED) is 0.612. The van der Waals surface area contributed by atoms with Gasteiger partial charge in [-0.2, -0.15) is 13.2 Å². The summed E-state index contributed by atoms with van der Waals surface area (Å²) >= 11 is 0. The summed E-state index contributed by atoms with van der Waals surface area (Å²) < 4.78 is 41.7. The molecule has 0 atom stereocenters. The van der Waals surface area contributed by atoms with Crippen LogP contribution in [0, 0.1) is 0 Å². The van der Waals surface area contributed by atoms with Crippen LogP contribution < -0.4 is 0 Å². The molecule has 18 heavy (non-hydrogen) atoms. The van der Waals surface area contributed by atoms with Crippen molar-refractivity contribution in [1.29, 1.82) is 0 Å². The third-order valence-electron chi connectivity index (χ3n) is 2.34. The van der Waals surface area contributed by atoms with E-state index in [9.17, 15) is 18.0 Å². The summed E-state index contributed by atoms with van der Waals surface area (Å²) in [6.45, 7) is 0. The number of allylic oxidation sites excluding steroid dienone is 1. The van der Waals surface area contributed by atoms with Crippen molar-refractivity contribution in [2.75, 3.05) is 7.11 Å². The molecular formula is C13H13F3O2. The molecule has 0 bridgehead atoms. The highest BCUT2D eigenvalue weighted by Crippen LogP contribution is 2.27.